The molecule has 1 saturated heterocycles. The smallest absolute Gasteiger partial charge is 0.407 e. The van der Waals surface area contributed by atoms with Crippen LogP contribution in [-0.2, 0) is 0 Å². The Balaban J connectivity index is 2.02. The number of aromatic nitrogens is 1. The highest BCUT2D eigenvalue weighted by molar-refractivity contribution is 6.32. The van der Waals surface area contributed by atoms with Gasteiger partial charge in [0.1, 0.15) is 5.69 Å². The first-order valence-electron chi connectivity index (χ1n) is 6.42. The van der Waals surface area contributed by atoms with Crippen molar-refractivity contribution in [3.63, 3.8) is 0 Å². The van der Waals surface area contributed by atoms with Gasteiger partial charge in [-0.2, -0.15) is 0 Å². The second-order valence-electron chi connectivity index (χ2n) is 4.89. The summed E-state index contributed by atoms with van der Waals surface area (Å²) >= 11 is 5.95. The number of nitrogens with zero attached hydrogens (tertiary/aromatic N) is 2. The Kier molecular flexibility index (Phi) is 4.52. The normalized spacial score (nSPS) is 21.2. The first kappa shape index (κ1) is 15.4. The third kappa shape index (κ3) is 3.36. The predicted molar refractivity (Wildman–Crippen MR) is 75.9 cm³/mol. The van der Waals surface area contributed by atoms with E-state index in [0.29, 0.717) is 17.2 Å². The van der Waals surface area contributed by atoms with Gasteiger partial charge in [0.25, 0.3) is 5.91 Å². The fraction of sp³-hybridized carbons (Fsp3) is 0.462. The molecule has 2 heterocycles. The molecular weight excluding hydrogens is 298 g/mol. The summed E-state index contributed by atoms with van der Waals surface area (Å²) in [6, 6.07) is 1.06. The third-order valence-electron chi connectivity index (χ3n) is 3.43. The SMILES string of the molecule is COc1cnc(C(=O)N[C@@H]2C[C@@H](C)N(C(=O)O)C2)cc1Cl. The molecule has 0 bridgehead atoms. The maximum Gasteiger partial charge on any atom is 0.407 e. The topological polar surface area (TPSA) is 91.8 Å². The lowest BCUT2D eigenvalue weighted by Crippen LogP contribution is -2.38. The summed E-state index contributed by atoms with van der Waals surface area (Å²) in [5.41, 5.74) is 0.169. The van der Waals surface area contributed by atoms with Gasteiger partial charge in [0.15, 0.2) is 5.75 Å². The first-order chi connectivity index (χ1) is 9.92. The zero-order chi connectivity index (χ0) is 15.6. The summed E-state index contributed by atoms with van der Waals surface area (Å²) < 4.78 is 4.97. The van der Waals surface area contributed by atoms with Gasteiger partial charge in [-0.3, -0.25) is 4.79 Å². The number of carbonyl (C=O) groups is 2. The van der Waals surface area contributed by atoms with E-state index in [1.165, 1.54) is 24.3 Å². The zero-order valence-electron chi connectivity index (χ0n) is 11.7. The molecule has 1 aliphatic rings. The van der Waals surface area contributed by atoms with E-state index in [4.69, 9.17) is 21.4 Å². The number of carboxylic acid groups (broad SMARTS) is 1. The number of ether oxygens (including phenoxy) is 1. The number of likely N-dealkylation sites (tertiary alicyclic amines) is 1. The molecule has 1 aliphatic heterocycles. The molecule has 114 valence electrons. The van der Waals surface area contributed by atoms with Crippen LogP contribution in [0.25, 0.3) is 0 Å². The van der Waals surface area contributed by atoms with Crippen LogP contribution < -0.4 is 10.1 Å². The maximum atomic E-state index is 12.1. The van der Waals surface area contributed by atoms with Crippen LogP contribution in [0.3, 0.4) is 0 Å². The molecule has 2 amide bonds. The summed E-state index contributed by atoms with van der Waals surface area (Å²) in [6.45, 7) is 2.08. The van der Waals surface area contributed by atoms with E-state index in [-0.39, 0.29) is 30.2 Å². The summed E-state index contributed by atoms with van der Waals surface area (Å²) in [5.74, 6) is 0.00347. The molecule has 7 nitrogen and oxygen atoms in total. The Bertz CT molecular complexity index is 566. The molecule has 8 heteroatoms. The van der Waals surface area contributed by atoms with Crippen molar-refractivity contribution in [3.8, 4) is 5.75 Å². The number of halogens is 1. The summed E-state index contributed by atoms with van der Waals surface area (Å²) in [7, 11) is 1.46. The number of pyridine rings is 1. The van der Waals surface area contributed by atoms with Crippen LogP contribution in [0.4, 0.5) is 4.79 Å². The van der Waals surface area contributed by atoms with Crippen LogP contribution in [0.15, 0.2) is 12.3 Å². The molecule has 1 aromatic rings. The van der Waals surface area contributed by atoms with Gasteiger partial charge >= 0.3 is 6.09 Å². The van der Waals surface area contributed by atoms with Gasteiger partial charge in [-0.15, -0.1) is 0 Å². The Hall–Kier alpha value is -2.02. The molecule has 0 aliphatic carbocycles. The van der Waals surface area contributed by atoms with Gasteiger partial charge in [0, 0.05) is 18.6 Å². The minimum Gasteiger partial charge on any atom is -0.494 e. The lowest BCUT2D eigenvalue weighted by atomic mass is 10.2. The number of hydrogen-bond donors (Lipinski definition) is 2. The summed E-state index contributed by atoms with van der Waals surface area (Å²) in [6.07, 6.45) is 0.963. The molecule has 1 fully saturated rings. The van der Waals surface area contributed by atoms with Crippen molar-refractivity contribution < 1.29 is 19.4 Å². The van der Waals surface area contributed by atoms with Crippen LogP contribution >= 0.6 is 11.6 Å². The number of amides is 2. The quantitative estimate of drug-likeness (QED) is 0.884. The second-order valence-corrected chi connectivity index (χ2v) is 5.30. The average Bonchev–Trinajstić information content (AvgIpc) is 2.79. The second kappa shape index (κ2) is 6.17. The molecule has 0 radical (unpaired) electrons. The minimum absolute atomic E-state index is 0.125. The molecular formula is C13H16ClN3O4. The van der Waals surface area contributed by atoms with E-state index >= 15 is 0 Å². The van der Waals surface area contributed by atoms with E-state index in [9.17, 15) is 9.59 Å². The molecule has 0 aromatic carbocycles. The Labute approximate surface area is 126 Å². The van der Waals surface area contributed by atoms with Crippen LogP contribution in [0.5, 0.6) is 5.75 Å². The Morgan fingerprint density at radius 2 is 2.29 bits per heavy atom. The van der Waals surface area contributed by atoms with Gasteiger partial charge < -0.3 is 20.1 Å². The van der Waals surface area contributed by atoms with Crippen molar-refractivity contribution in [2.24, 2.45) is 0 Å². The number of hydrogen-bond acceptors (Lipinski definition) is 4. The highest BCUT2D eigenvalue weighted by Crippen LogP contribution is 2.23. The molecule has 2 atom stereocenters. The van der Waals surface area contributed by atoms with Crippen LogP contribution in [0, 0.1) is 0 Å². The number of nitrogens with one attached hydrogen (secondary N) is 1. The predicted octanol–water partition coefficient (Wildman–Crippen LogP) is 1.61. The summed E-state index contributed by atoms with van der Waals surface area (Å²) in [4.78, 5) is 28.4. The molecule has 21 heavy (non-hydrogen) atoms. The van der Waals surface area contributed by atoms with E-state index in [1.54, 1.807) is 0 Å². The monoisotopic (exact) mass is 313 g/mol. The lowest BCUT2D eigenvalue weighted by molar-refractivity contribution is 0.0930. The fourth-order valence-corrected chi connectivity index (χ4v) is 2.58. The lowest BCUT2D eigenvalue weighted by Gasteiger charge is -2.16. The van der Waals surface area contributed by atoms with Gasteiger partial charge in [0.05, 0.1) is 18.3 Å². The average molecular weight is 314 g/mol. The Morgan fingerprint density at radius 1 is 1.57 bits per heavy atom. The fourth-order valence-electron chi connectivity index (χ4n) is 2.35. The third-order valence-corrected chi connectivity index (χ3v) is 3.72. The van der Waals surface area contributed by atoms with Crippen LogP contribution in [0.2, 0.25) is 5.02 Å². The molecule has 0 saturated carbocycles. The standard InChI is InChI=1S/C13H16ClN3O4/c1-7-3-8(6-17(7)13(19)20)16-12(18)10-4-9(14)11(21-2)5-15-10/h4-5,7-8H,3,6H2,1-2H3,(H,16,18)(H,19,20)/t7-,8-/m1/s1. The van der Waals surface area contributed by atoms with Gasteiger partial charge in [0.2, 0.25) is 0 Å². The van der Waals surface area contributed by atoms with Crippen LogP contribution in [0.1, 0.15) is 23.8 Å². The molecule has 2 rings (SSSR count). The van der Waals surface area contributed by atoms with Crippen molar-refractivity contribution in [3.05, 3.63) is 23.0 Å². The molecule has 0 unspecified atom stereocenters. The van der Waals surface area contributed by atoms with Gasteiger partial charge in [-0.05, 0) is 19.4 Å². The number of rotatable bonds is 3. The van der Waals surface area contributed by atoms with Crippen molar-refractivity contribution >= 4 is 23.6 Å². The van der Waals surface area contributed by atoms with E-state index < -0.39 is 6.09 Å². The van der Waals surface area contributed by atoms with Gasteiger partial charge in [-0.1, -0.05) is 11.6 Å². The Morgan fingerprint density at radius 3 is 2.81 bits per heavy atom. The van der Waals surface area contributed by atoms with E-state index in [0.717, 1.165) is 0 Å². The van der Waals surface area contributed by atoms with Crippen molar-refractivity contribution in [2.75, 3.05) is 13.7 Å². The highest BCUT2D eigenvalue weighted by Gasteiger charge is 2.33. The maximum absolute atomic E-state index is 12.1. The van der Waals surface area contributed by atoms with E-state index in [1.807, 2.05) is 6.92 Å². The van der Waals surface area contributed by atoms with Crippen molar-refractivity contribution in [1.82, 2.24) is 15.2 Å². The van der Waals surface area contributed by atoms with E-state index in [2.05, 4.69) is 10.3 Å². The number of carbonyl (C=O) groups excluding carboxylic acids is 1. The number of methoxy groups -OCH3 is 1. The highest BCUT2D eigenvalue weighted by atomic mass is 35.5. The zero-order valence-corrected chi connectivity index (χ0v) is 12.4. The van der Waals surface area contributed by atoms with Crippen molar-refractivity contribution in [1.29, 1.82) is 0 Å². The largest absolute Gasteiger partial charge is 0.494 e. The summed E-state index contributed by atoms with van der Waals surface area (Å²) in [5, 5.41) is 12.1. The molecule has 0 spiro atoms. The minimum atomic E-state index is -0.982. The molecule has 1 aromatic heterocycles. The first-order valence-corrected chi connectivity index (χ1v) is 6.80. The van der Waals surface area contributed by atoms with Gasteiger partial charge in [-0.25, -0.2) is 9.78 Å². The van der Waals surface area contributed by atoms with Crippen LogP contribution in [-0.4, -0.2) is 52.7 Å². The molecule has 2 N–H and O–H groups in total. The van der Waals surface area contributed by atoms with Crippen molar-refractivity contribution in [2.45, 2.75) is 25.4 Å².